The molecule has 0 radical (unpaired) electrons. The van der Waals surface area contributed by atoms with Crippen molar-refractivity contribution in [2.45, 2.75) is 44.8 Å². The monoisotopic (exact) mass is 391 g/mol. The largest absolute Gasteiger partial charge is 0.495 e. The van der Waals surface area contributed by atoms with Crippen molar-refractivity contribution in [3.63, 3.8) is 0 Å². The molecule has 2 unspecified atom stereocenters. The Morgan fingerprint density at radius 1 is 1.33 bits per heavy atom. The van der Waals surface area contributed by atoms with Gasteiger partial charge in [0.15, 0.2) is 0 Å². The third-order valence-corrected chi connectivity index (χ3v) is 6.10. The quantitative estimate of drug-likeness (QED) is 0.753. The molecule has 1 aliphatic carbocycles. The molecule has 2 aliphatic heterocycles. The van der Waals surface area contributed by atoms with Gasteiger partial charge in [0.05, 0.1) is 12.1 Å². The van der Waals surface area contributed by atoms with Gasteiger partial charge in [0.2, 0.25) is 5.91 Å². The Morgan fingerprint density at radius 3 is 2.56 bits per heavy atom. The highest BCUT2D eigenvalue weighted by Crippen LogP contribution is 2.45. The van der Waals surface area contributed by atoms with E-state index < -0.39 is 11.6 Å². The van der Waals surface area contributed by atoms with E-state index >= 15 is 0 Å². The minimum absolute atomic E-state index is 0.0322. The van der Waals surface area contributed by atoms with Crippen molar-refractivity contribution >= 4 is 29.4 Å². The summed E-state index contributed by atoms with van der Waals surface area (Å²) in [5.74, 6) is -0.0265. The molecule has 2 N–H and O–H groups in total. The van der Waals surface area contributed by atoms with E-state index in [1.54, 1.807) is 12.0 Å². The number of hydrogen-bond acceptors (Lipinski definition) is 4. The lowest BCUT2D eigenvalue weighted by Gasteiger charge is -2.30. The lowest BCUT2D eigenvalue weighted by Crippen LogP contribution is -2.51. The number of rotatable bonds is 5. The summed E-state index contributed by atoms with van der Waals surface area (Å²) in [4.78, 5) is 38.9. The molecule has 4 rings (SSSR count). The van der Waals surface area contributed by atoms with Crippen LogP contribution in [0, 0.1) is 11.8 Å². The third-order valence-electron chi connectivity index (χ3n) is 5.80. The number of carbonyl (C=O) groups excluding carboxylic acids is 3. The second kappa shape index (κ2) is 6.41. The van der Waals surface area contributed by atoms with E-state index in [9.17, 15) is 14.4 Å². The molecule has 7 nitrogen and oxygen atoms in total. The molecule has 1 saturated heterocycles. The van der Waals surface area contributed by atoms with E-state index in [4.69, 9.17) is 16.3 Å². The number of imide groups is 1. The zero-order valence-corrected chi connectivity index (χ0v) is 16.1. The number of carbonyl (C=O) groups is 3. The Kier molecular flexibility index (Phi) is 4.29. The summed E-state index contributed by atoms with van der Waals surface area (Å²) < 4.78 is 5.25. The van der Waals surface area contributed by atoms with Crippen LogP contribution in [-0.4, -0.2) is 35.4 Å². The first-order valence-electron chi connectivity index (χ1n) is 9.11. The van der Waals surface area contributed by atoms with Crippen LogP contribution in [0.25, 0.3) is 0 Å². The molecule has 2 heterocycles. The van der Waals surface area contributed by atoms with Gasteiger partial charge in [-0.15, -0.1) is 0 Å². The van der Waals surface area contributed by atoms with E-state index in [-0.39, 0.29) is 23.7 Å². The number of halogens is 1. The normalized spacial score (nSPS) is 25.1. The van der Waals surface area contributed by atoms with Gasteiger partial charge in [-0.05, 0) is 48.4 Å². The number of nitrogens with one attached hydrogen (secondary N) is 2. The minimum atomic E-state index is -0.953. The summed E-state index contributed by atoms with van der Waals surface area (Å²) in [5, 5.41) is 5.65. The highest BCUT2D eigenvalue weighted by atomic mass is 35.5. The zero-order chi connectivity index (χ0) is 19.3. The Labute approximate surface area is 162 Å². The number of fused-ring (bicyclic) bond motifs is 1. The molecule has 2 atom stereocenters. The highest BCUT2D eigenvalue weighted by molar-refractivity contribution is 6.32. The van der Waals surface area contributed by atoms with Gasteiger partial charge in [-0.1, -0.05) is 18.5 Å². The maximum Gasteiger partial charge on any atom is 0.322 e. The number of benzene rings is 1. The van der Waals surface area contributed by atoms with Crippen molar-refractivity contribution in [1.82, 2.24) is 15.5 Å². The average Bonchev–Trinajstić information content (AvgIpc) is 3.34. The zero-order valence-electron chi connectivity index (χ0n) is 15.3. The van der Waals surface area contributed by atoms with Crippen molar-refractivity contribution in [2.75, 3.05) is 7.11 Å². The predicted octanol–water partition coefficient (Wildman–Crippen LogP) is 2.21. The minimum Gasteiger partial charge on any atom is -0.495 e. The van der Waals surface area contributed by atoms with Crippen LogP contribution in [0.5, 0.6) is 5.75 Å². The summed E-state index contributed by atoms with van der Waals surface area (Å²) in [6, 6.07) is 3.23. The molecule has 8 heteroatoms. The number of amides is 4. The molecule has 144 valence electrons. The van der Waals surface area contributed by atoms with Gasteiger partial charge < -0.3 is 15.0 Å². The van der Waals surface area contributed by atoms with Gasteiger partial charge in [0.1, 0.15) is 11.3 Å². The smallest absolute Gasteiger partial charge is 0.322 e. The molecule has 1 saturated carbocycles. The van der Waals surface area contributed by atoms with Crippen LogP contribution in [0.1, 0.15) is 37.3 Å². The van der Waals surface area contributed by atoms with Crippen molar-refractivity contribution < 1.29 is 19.1 Å². The maximum absolute atomic E-state index is 13.0. The van der Waals surface area contributed by atoms with Crippen LogP contribution >= 0.6 is 11.6 Å². The van der Waals surface area contributed by atoms with Crippen molar-refractivity contribution in [2.24, 2.45) is 11.8 Å². The number of nitrogens with zero attached hydrogens (tertiary/aromatic N) is 1. The van der Waals surface area contributed by atoms with Crippen LogP contribution < -0.4 is 15.4 Å². The van der Waals surface area contributed by atoms with E-state index in [0.717, 1.165) is 24.0 Å². The fraction of sp³-hybridized carbons (Fsp3) is 0.526. The number of urea groups is 1. The van der Waals surface area contributed by atoms with Crippen molar-refractivity contribution in [3.8, 4) is 5.75 Å². The standard InChI is InChI=1S/C19H22ClN3O4/c1-10(7-19(13-3-4-13)17(25)21-18(26)22-19)16(24)23-8-11-5-14(20)15(27-2)6-12(11)9-23/h5-6,10,13H,3-4,7-9H2,1-2H3,(H2,21,22,25,26). The molecule has 2 fully saturated rings. The third kappa shape index (κ3) is 3.04. The first kappa shape index (κ1) is 18.1. The summed E-state index contributed by atoms with van der Waals surface area (Å²) in [6.45, 7) is 2.79. The van der Waals surface area contributed by atoms with Crippen LogP contribution in [-0.2, 0) is 22.7 Å². The van der Waals surface area contributed by atoms with Gasteiger partial charge in [0.25, 0.3) is 5.91 Å². The summed E-state index contributed by atoms with van der Waals surface area (Å²) in [5.41, 5.74) is 1.07. The summed E-state index contributed by atoms with van der Waals surface area (Å²) in [7, 11) is 1.56. The second-order valence-electron chi connectivity index (χ2n) is 7.71. The van der Waals surface area contributed by atoms with E-state index in [0.29, 0.717) is 30.3 Å². The molecule has 1 aromatic rings. The van der Waals surface area contributed by atoms with Crippen LogP contribution in [0.4, 0.5) is 4.79 Å². The SMILES string of the molecule is COc1cc2c(cc1Cl)CN(C(=O)C(C)CC1(C3CC3)NC(=O)NC1=O)C2. The first-order valence-corrected chi connectivity index (χ1v) is 9.49. The highest BCUT2D eigenvalue weighted by Gasteiger charge is 2.56. The van der Waals surface area contributed by atoms with E-state index in [2.05, 4.69) is 10.6 Å². The first-order chi connectivity index (χ1) is 12.8. The summed E-state index contributed by atoms with van der Waals surface area (Å²) >= 11 is 6.19. The molecule has 27 heavy (non-hydrogen) atoms. The Balaban J connectivity index is 1.48. The number of ether oxygens (including phenoxy) is 1. The Hall–Kier alpha value is -2.28. The maximum atomic E-state index is 13.0. The van der Waals surface area contributed by atoms with Gasteiger partial charge in [-0.3, -0.25) is 14.9 Å². The average molecular weight is 392 g/mol. The second-order valence-corrected chi connectivity index (χ2v) is 8.12. The van der Waals surface area contributed by atoms with Gasteiger partial charge in [-0.25, -0.2) is 4.79 Å². The van der Waals surface area contributed by atoms with E-state index in [1.807, 2.05) is 19.1 Å². The Bertz CT molecular complexity index is 838. The lowest BCUT2D eigenvalue weighted by molar-refractivity contribution is -0.137. The molecule has 0 bridgehead atoms. The fourth-order valence-electron chi connectivity index (χ4n) is 4.27. The molecule has 0 spiro atoms. The van der Waals surface area contributed by atoms with Gasteiger partial charge >= 0.3 is 6.03 Å². The summed E-state index contributed by atoms with van der Waals surface area (Å²) in [6.07, 6.45) is 2.09. The Morgan fingerprint density at radius 2 is 2.00 bits per heavy atom. The van der Waals surface area contributed by atoms with Crippen LogP contribution in [0.3, 0.4) is 0 Å². The van der Waals surface area contributed by atoms with Gasteiger partial charge in [0, 0.05) is 19.0 Å². The van der Waals surface area contributed by atoms with Gasteiger partial charge in [-0.2, -0.15) is 0 Å². The van der Waals surface area contributed by atoms with Crippen LogP contribution in [0.2, 0.25) is 5.02 Å². The molecular weight excluding hydrogens is 370 g/mol. The lowest BCUT2D eigenvalue weighted by atomic mass is 9.83. The molecule has 4 amide bonds. The topological polar surface area (TPSA) is 87.7 Å². The van der Waals surface area contributed by atoms with Crippen molar-refractivity contribution in [3.05, 3.63) is 28.3 Å². The predicted molar refractivity (Wildman–Crippen MR) is 98.2 cm³/mol. The van der Waals surface area contributed by atoms with Crippen LogP contribution in [0.15, 0.2) is 12.1 Å². The molecule has 1 aromatic carbocycles. The number of hydrogen-bond donors (Lipinski definition) is 2. The molecular formula is C19H22ClN3O4. The van der Waals surface area contributed by atoms with Crippen molar-refractivity contribution in [1.29, 1.82) is 0 Å². The molecule has 3 aliphatic rings. The molecule has 0 aromatic heterocycles. The van der Waals surface area contributed by atoms with E-state index in [1.165, 1.54) is 0 Å². The number of methoxy groups -OCH3 is 1. The fourth-order valence-corrected chi connectivity index (χ4v) is 4.54.